The van der Waals surface area contributed by atoms with Gasteiger partial charge in [-0.1, -0.05) is 18.2 Å². The molecule has 3 atom stereocenters. The number of nitrogens with zero attached hydrogens (tertiary/aromatic N) is 1. The molecule has 2 heterocycles. The van der Waals surface area contributed by atoms with Gasteiger partial charge in [0.25, 0.3) is 0 Å². The van der Waals surface area contributed by atoms with E-state index in [4.69, 9.17) is 9.84 Å². The number of ether oxygens (including phenoxy) is 1. The van der Waals surface area contributed by atoms with Crippen LogP contribution in [0.5, 0.6) is 0 Å². The molecule has 0 amide bonds. The van der Waals surface area contributed by atoms with Crippen molar-refractivity contribution in [3.05, 3.63) is 42.2 Å². The number of carboxylic acid groups (broad SMARTS) is 1. The molecule has 5 nitrogen and oxygen atoms in total. The van der Waals surface area contributed by atoms with E-state index in [1.54, 1.807) is 12.4 Å². The Bertz CT molecular complexity index is 474. The van der Waals surface area contributed by atoms with Gasteiger partial charge in [0, 0.05) is 24.7 Å². The van der Waals surface area contributed by atoms with Gasteiger partial charge in [0.2, 0.25) is 0 Å². The van der Waals surface area contributed by atoms with Crippen molar-refractivity contribution in [2.45, 2.75) is 37.9 Å². The van der Waals surface area contributed by atoms with Crippen LogP contribution in [-0.4, -0.2) is 33.9 Å². The van der Waals surface area contributed by atoms with Crippen LogP contribution in [0.15, 0.2) is 36.7 Å². The van der Waals surface area contributed by atoms with Gasteiger partial charge in [0.15, 0.2) is 0 Å². The molecule has 1 aliphatic rings. The number of allylic oxidation sites excluding steroid dienone is 2. The van der Waals surface area contributed by atoms with Crippen LogP contribution in [0, 0.1) is 5.92 Å². The Morgan fingerprint density at radius 1 is 1.43 bits per heavy atom. The number of rotatable bonds is 7. The number of aromatic nitrogens is 1. The molecule has 1 aliphatic heterocycles. The van der Waals surface area contributed by atoms with Crippen LogP contribution in [0.4, 0.5) is 0 Å². The van der Waals surface area contributed by atoms with Crippen LogP contribution in [0.2, 0.25) is 0 Å². The Kier molecular flexibility index (Phi) is 5.90. The third-order valence-electron chi connectivity index (χ3n) is 3.70. The minimum absolute atomic E-state index is 0.0540. The van der Waals surface area contributed by atoms with Crippen LogP contribution in [0.3, 0.4) is 0 Å². The first-order valence-electron chi connectivity index (χ1n) is 7.25. The minimum atomic E-state index is -0.782. The van der Waals surface area contributed by atoms with Crippen molar-refractivity contribution in [1.82, 2.24) is 4.98 Å². The summed E-state index contributed by atoms with van der Waals surface area (Å²) in [5.74, 6) is -0.728. The van der Waals surface area contributed by atoms with Gasteiger partial charge < -0.3 is 14.9 Å². The second-order valence-corrected chi connectivity index (χ2v) is 5.25. The molecule has 1 aromatic rings. The lowest BCUT2D eigenvalue weighted by Crippen LogP contribution is -2.19. The molecule has 5 heteroatoms. The fourth-order valence-electron chi connectivity index (χ4n) is 2.61. The SMILES string of the molecule is O=C(O)CCC=CCC[C@H]1[C@H](O)CO[C@@H]1c1cccnc1. The molecule has 114 valence electrons. The van der Waals surface area contributed by atoms with Crippen molar-refractivity contribution in [3.63, 3.8) is 0 Å². The van der Waals surface area contributed by atoms with Gasteiger partial charge in [-0.15, -0.1) is 0 Å². The van der Waals surface area contributed by atoms with E-state index in [1.165, 1.54) is 0 Å². The number of hydrogen-bond donors (Lipinski definition) is 2. The molecule has 0 unspecified atom stereocenters. The predicted octanol–water partition coefficient (Wildman–Crippen LogP) is 2.33. The Labute approximate surface area is 124 Å². The average molecular weight is 291 g/mol. The van der Waals surface area contributed by atoms with E-state index in [-0.39, 0.29) is 18.4 Å². The molecule has 0 spiro atoms. The molecule has 1 saturated heterocycles. The number of aliphatic carboxylic acids is 1. The molecule has 2 rings (SSSR count). The van der Waals surface area contributed by atoms with Gasteiger partial charge in [0.1, 0.15) is 0 Å². The third kappa shape index (κ3) is 4.65. The quantitative estimate of drug-likeness (QED) is 0.754. The summed E-state index contributed by atoms with van der Waals surface area (Å²) in [6.07, 6.45) is 9.11. The first kappa shape index (κ1) is 15.7. The molecule has 1 aromatic heterocycles. The first-order valence-corrected chi connectivity index (χ1v) is 7.25. The third-order valence-corrected chi connectivity index (χ3v) is 3.70. The summed E-state index contributed by atoms with van der Waals surface area (Å²) >= 11 is 0. The summed E-state index contributed by atoms with van der Waals surface area (Å²) in [6.45, 7) is 0.354. The number of aliphatic hydroxyl groups excluding tert-OH is 1. The van der Waals surface area contributed by atoms with E-state index in [0.717, 1.165) is 18.4 Å². The van der Waals surface area contributed by atoms with E-state index >= 15 is 0 Å². The standard InChI is InChI=1S/C16H21NO4/c18-14-11-21-16(12-6-5-9-17-10-12)13(14)7-3-1-2-4-8-15(19)20/h1-2,5-6,9-10,13-14,16,18H,3-4,7-8,11H2,(H,19,20)/t13-,14+,16+/m0/s1. The van der Waals surface area contributed by atoms with E-state index in [9.17, 15) is 9.90 Å². The minimum Gasteiger partial charge on any atom is -0.481 e. The summed E-state index contributed by atoms with van der Waals surface area (Å²) in [5.41, 5.74) is 0.994. The zero-order valence-corrected chi connectivity index (χ0v) is 11.9. The monoisotopic (exact) mass is 291 g/mol. The number of carboxylic acids is 1. The lowest BCUT2D eigenvalue weighted by Gasteiger charge is -2.19. The summed E-state index contributed by atoms with van der Waals surface area (Å²) in [5, 5.41) is 18.6. The van der Waals surface area contributed by atoms with Gasteiger partial charge >= 0.3 is 5.97 Å². The molecule has 0 radical (unpaired) electrons. The summed E-state index contributed by atoms with van der Waals surface area (Å²) < 4.78 is 5.68. The van der Waals surface area contributed by atoms with Crippen molar-refractivity contribution in [2.75, 3.05) is 6.61 Å². The van der Waals surface area contributed by atoms with Crippen molar-refractivity contribution < 1.29 is 19.7 Å². The smallest absolute Gasteiger partial charge is 0.303 e. The summed E-state index contributed by atoms with van der Waals surface area (Å²) in [4.78, 5) is 14.5. The first-order chi connectivity index (χ1) is 10.2. The molecule has 0 bridgehead atoms. The molecular weight excluding hydrogens is 270 g/mol. The second kappa shape index (κ2) is 7.90. The van der Waals surface area contributed by atoms with Crippen LogP contribution >= 0.6 is 0 Å². The zero-order chi connectivity index (χ0) is 15.1. The average Bonchev–Trinajstić information content (AvgIpc) is 2.84. The van der Waals surface area contributed by atoms with E-state index < -0.39 is 12.1 Å². The molecule has 1 fully saturated rings. The highest BCUT2D eigenvalue weighted by molar-refractivity contribution is 5.66. The Hall–Kier alpha value is -1.72. The Balaban J connectivity index is 1.84. The maximum Gasteiger partial charge on any atom is 0.303 e. The van der Waals surface area contributed by atoms with Crippen LogP contribution in [0.1, 0.15) is 37.4 Å². The molecule has 0 aliphatic carbocycles. The van der Waals surface area contributed by atoms with Gasteiger partial charge in [-0.05, 0) is 30.9 Å². The topological polar surface area (TPSA) is 79.7 Å². The number of hydrogen-bond acceptors (Lipinski definition) is 4. The molecule has 0 saturated carbocycles. The summed E-state index contributed by atoms with van der Waals surface area (Å²) in [6, 6.07) is 3.83. The van der Waals surface area contributed by atoms with Gasteiger partial charge in [0.05, 0.1) is 18.8 Å². The fraction of sp³-hybridized carbons (Fsp3) is 0.500. The fourth-order valence-corrected chi connectivity index (χ4v) is 2.61. The van der Waals surface area contributed by atoms with Crippen molar-refractivity contribution >= 4 is 5.97 Å². The van der Waals surface area contributed by atoms with Gasteiger partial charge in [-0.25, -0.2) is 0 Å². The van der Waals surface area contributed by atoms with Crippen LogP contribution < -0.4 is 0 Å². The van der Waals surface area contributed by atoms with Crippen LogP contribution in [0.25, 0.3) is 0 Å². The highest BCUT2D eigenvalue weighted by Gasteiger charge is 2.36. The predicted molar refractivity (Wildman–Crippen MR) is 77.7 cm³/mol. The van der Waals surface area contributed by atoms with Crippen molar-refractivity contribution in [1.29, 1.82) is 0 Å². The van der Waals surface area contributed by atoms with Crippen LogP contribution in [-0.2, 0) is 9.53 Å². The van der Waals surface area contributed by atoms with Crippen molar-refractivity contribution in [2.24, 2.45) is 5.92 Å². The largest absolute Gasteiger partial charge is 0.481 e. The molecule has 21 heavy (non-hydrogen) atoms. The lowest BCUT2D eigenvalue weighted by molar-refractivity contribution is -0.136. The molecule has 0 aromatic carbocycles. The van der Waals surface area contributed by atoms with E-state index in [1.807, 2.05) is 24.3 Å². The normalized spacial score (nSPS) is 25.5. The Morgan fingerprint density at radius 3 is 2.95 bits per heavy atom. The highest BCUT2D eigenvalue weighted by atomic mass is 16.5. The maximum atomic E-state index is 10.4. The number of aliphatic hydroxyl groups is 1. The highest BCUT2D eigenvalue weighted by Crippen LogP contribution is 2.37. The lowest BCUT2D eigenvalue weighted by atomic mass is 9.90. The summed E-state index contributed by atoms with van der Waals surface area (Å²) in [7, 11) is 0. The molecular formula is C16H21NO4. The van der Waals surface area contributed by atoms with Gasteiger partial charge in [-0.3, -0.25) is 9.78 Å². The second-order valence-electron chi connectivity index (χ2n) is 5.25. The van der Waals surface area contributed by atoms with Gasteiger partial charge in [-0.2, -0.15) is 0 Å². The number of pyridine rings is 1. The van der Waals surface area contributed by atoms with E-state index in [2.05, 4.69) is 4.98 Å². The number of carbonyl (C=O) groups is 1. The molecule has 2 N–H and O–H groups in total. The van der Waals surface area contributed by atoms with Crippen molar-refractivity contribution in [3.8, 4) is 0 Å². The van der Waals surface area contributed by atoms with E-state index in [0.29, 0.717) is 13.0 Å². The zero-order valence-electron chi connectivity index (χ0n) is 11.9. The Morgan fingerprint density at radius 2 is 2.24 bits per heavy atom. The maximum absolute atomic E-state index is 10.4.